The minimum atomic E-state index is -3.56. The molecule has 26 heavy (non-hydrogen) atoms. The zero-order valence-electron chi connectivity index (χ0n) is 13.5. The van der Waals surface area contributed by atoms with Crippen molar-refractivity contribution < 1.29 is 13.2 Å². The highest BCUT2D eigenvalue weighted by Gasteiger charge is 2.28. The number of aromatic nitrogens is 1. The van der Waals surface area contributed by atoms with Gasteiger partial charge in [0, 0.05) is 11.7 Å². The molecule has 9 heteroatoms. The fourth-order valence-electron chi connectivity index (χ4n) is 2.32. The zero-order valence-corrected chi connectivity index (χ0v) is 16.0. The Morgan fingerprint density at radius 2 is 2.04 bits per heavy atom. The Labute approximate surface area is 159 Å². The molecule has 0 unspecified atom stereocenters. The second-order valence-electron chi connectivity index (χ2n) is 5.88. The summed E-state index contributed by atoms with van der Waals surface area (Å²) < 4.78 is 27.2. The van der Waals surface area contributed by atoms with Crippen LogP contribution in [0.1, 0.15) is 22.5 Å². The van der Waals surface area contributed by atoms with E-state index in [9.17, 15) is 13.2 Å². The molecule has 2 aromatic heterocycles. The number of amides is 1. The molecule has 1 aromatic carbocycles. The van der Waals surface area contributed by atoms with Crippen molar-refractivity contribution in [2.75, 3.05) is 5.32 Å². The lowest BCUT2D eigenvalue weighted by atomic mass is 10.3. The number of sulfonamides is 1. The van der Waals surface area contributed by atoms with Crippen LogP contribution >= 0.6 is 22.7 Å². The highest BCUT2D eigenvalue weighted by Crippen LogP contribution is 2.29. The van der Waals surface area contributed by atoms with Crippen LogP contribution in [0.25, 0.3) is 9.88 Å². The summed E-state index contributed by atoms with van der Waals surface area (Å²) in [6.07, 6.45) is 3.27. The van der Waals surface area contributed by atoms with Gasteiger partial charge in [-0.3, -0.25) is 4.79 Å². The van der Waals surface area contributed by atoms with Gasteiger partial charge >= 0.3 is 0 Å². The van der Waals surface area contributed by atoms with E-state index < -0.39 is 10.0 Å². The SMILES string of the molecule is O=C(Nc1cccc(S(=O)(=O)NC2CC2)c1)c1cnc(-c2cccs2)s1. The molecule has 0 spiro atoms. The number of carbonyl (C=O) groups is 1. The fourth-order valence-corrected chi connectivity index (χ4v) is 5.28. The van der Waals surface area contributed by atoms with Gasteiger partial charge in [0.05, 0.1) is 16.0 Å². The van der Waals surface area contributed by atoms with E-state index in [2.05, 4.69) is 15.0 Å². The molecule has 0 bridgehead atoms. The molecule has 1 saturated carbocycles. The highest BCUT2D eigenvalue weighted by molar-refractivity contribution is 7.89. The minimum Gasteiger partial charge on any atom is -0.321 e. The van der Waals surface area contributed by atoms with Gasteiger partial charge in [-0.25, -0.2) is 18.1 Å². The average Bonchev–Trinajstić information content (AvgIpc) is 3.09. The standard InChI is InChI=1S/C17H15N3O3S3/c21-16(15-10-18-17(25-15)14-5-2-8-24-14)19-12-3-1-4-13(9-12)26(22,23)20-11-6-7-11/h1-5,8-11,20H,6-7H2,(H,19,21). The van der Waals surface area contributed by atoms with Crippen LogP contribution in [0.15, 0.2) is 52.9 Å². The average molecular weight is 406 g/mol. The first-order chi connectivity index (χ1) is 12.5. The Morgan fingerprint density at radius 1 is 1.19 bits per heavy atom. The second kappa shape index (κ2) is 6.92. The fraction of sp³-hybridized carbons (Fsp3) is 0.176. The van der Waals surface area contributed by atoms with Crippen LogP contribution in [0.2, 0.25) is 0 Å². The Kier molecular flexibility index (Phi) is 4.62. The first-order valence-electron chi connectivity index (χ1n) is 7.95. The molecule has 6 nitrogen and oxygen atoms in total. The maximum atomic E-state index is 12.4. The molecular formula is C17H15N3O3S3. The molecule has 3 aromatic rings. The van der Waals surface area contributed by atoms with E-state index in [4.69, 9.17) is 0 Å². The van der Waals surface area contributed by atoms with Gasteiger partial charge in [-0.15, -0.1) is 22.7 Å². The van der Waals surface area contributed by atoms with Gasteiger partial charge in [0.15, 0.2) is 0 Å². The number of thiophene rings is 1. The van der Waals surface area contributed by atoms with Crippen LogP contribution in [-0.4, -0.2) is 25.4 Å². The van der Waals surface area contributed by atoms with E-state index in [0.717, 1.165) is 22.7 Å². The maximum absolute atomic E-state index is 12.4. The molecule has 1 aliphatic rings. The molecular weight excluding hydrogens is 390 g/mol. The summed E-state index contributed by atoms with van der Waals surface area (Å²) in [6.45, 7) is 0. The lowest BCUT2D eigenvalue weighted by Gasteiger charge is -2.08. The van der Waals surface area contributed by atoms with Crippen LogP contribution in [0, 0.1) is 0 Å². The molecule has 134 valence electrons. The van der Waals surface area contributed by atoms with E-state index in [1.54, 1.807) is 23.5 Å². The van der Waals surface area contributed by atoms with Crippen LogP contribution in [-0.2, 0) is 10.0 Å². The smallest absolute Gasteiger partial charge is 0.267 e. The summed E-state index contributed by atoms with van der Waals surface area (Å²) in [7, 11) is -3.56. The van der Waals surface area contributed by atoms with Crippen molar-refractivity contribution in [3.8, 4) is 9.88 Å². The predicted octanol–water partition coefficient (Wildman–Crippen LogP) is 3.56. The van der Waals surface area contributed by atoms with E-state index in [1.807, 2.05) is 17.5 Å². The number of rotatable bonds is 6. The van der Waals surface area contributed by atoms with E-state index >= 15 is 0 Å². The van der Waals surface area contributed by atoms with Gasteiger partial charge in [-0.2, -0.15) is 0 Å². The number of hydrogen-bond donors (Lipinski definition) is 2. The summed E-state index contributed by atoms with van der Waals surface area (Å²) in [6, 6.07) is 10.2. The number of anilines is 1. The molecule has 1 aliphatic carbocycles. The summed E-state index contributed by atoms with van der Waals surface area (Å²) in [5.74, 6) is -0.310. The van der Waals surface area contributed by atoms with Crippen LogP contribution < -0.4 is 10.0 Å². The Hall–Kier alpha value is -2.07. The van der Waals surface area contributed by atoms with E-state index in [1.165, 1.54) is 29.7 Å². The number of benzene rings is 1. The van der Waals surface area contributed by atoms with Crippen molar-refractivity contribution in [2.45, 2.75) is 23.8 Å². The number of nitrogens with zero attached hydrogens (tertiary/aromatic N) is 1. The predicted molar refractivity (Wildman–Crippen MR) is 103 cm³/mol. The van der Waals surface area contributed by atoms with Gasteiger partial charge in [-0.05, 0) is 42.5 Å². The van der Waals surface area contributed by atoms with Gasteiger partial charge in [0.2, 0.25) is 10.0 Å². The Morgan fingerprint density at radius 3 is 2.77 bits per heavy atom. The molecule has 2 heterocycles. The summed E-state index contributed by atoms with van der Waals surface area (Å²) >= 11 is 2.86. The third-order valence-electron chi connectivity index (χ3n) is 3.76. The van der Waals surface area contributed by atoms with Crippen LogP contribution in [0.3, 0.4) is 0 Å². The van der Waals surface area contributed by atoms with Crippen LogP contribution in [0.5, 0.6) is 0 Å². The highest BCUT2D eigenvalue weighted by atomic mass is 32.2. The molecule has 1 fully saturated rings. The molecule has 1 amide bonds. The Balaban J connectivity index is 1.50. The largest absolute Gasteiger partial charge is 0.321 e. The van der Waals surface area contributed by atoms with Crippen molar-refractivity contribution >= 4 is 44.3 Å². The minimum absolute atomic E-state index is 0.0334. The number of hydrogen-bond acceptors (Lipinski definition) is 6. The zero-order chi connectivity index (χ0) is 18.1. The molecule has 2 N–H and O–H groups in total. The number of carbonyl (C=O) groups excluding carboxylic acids is 1. The maximum Gasteiger partial charge on any atom is 0.267 e. The summed E-state index contributed by atoms with van der Waals surface area (Å²) in [5, 5.41) is 5.48. The van der Waals surface area contributed by atoms with Gasteiger partial charge in [0.1, 0.15) is 9.88 Å². The number of nitrogens with one attached hydrogen (secondary N) is 2. The van der Waals surface area contributed by atoms with Crippen molar-refractivity contribution in [3.05, 3.63) is 52.9 Å². The lowest BCUT2D eigenvalue weighted by molar-refractivity contribution is 0.103. The normalized spacial score (nSPS) is 14.3. The van der Waals surface area contributed by atoms with Gasteiger partial charge in [-0.1, -0.05) is 12.1 Å². The van der Waals surface area contributed by atoms with Crippen molar-refractivity contribution in [1.82, 2.24) is 9.71 Å². The third kappa shape index (κ3) is 3.85. The molecule has 0 saturated heterocycles. The monoisotopic (exact) mass is 405 g/mol. The quantitative estimate of drug-likeness (QED) is 0.656. The molecule has 0 aliphatic heterocycles. The van der Waals surface area contributed by atoms with Gasteiger partial charge in [0.25, 0.3) is 5.91 Å². The summed E-state index contributed by atoms with van der Waals surface area (Å²) in [5.41, 5.74) is 0.430. The summed E-state index contributed by atoms with van der Waals surface area (Å²) in [4.78, 5) is 18.3. The van der Waals surface area contributed by atoms with E-state index in [0.29, 0.717) is 10.6 Å². The number of thiazole rings is 1. The Bertz CT molecular complexity index is 1040. The van der Waals surface area contributed by atoms with Crippen molar-refractivity contribution in [1.29, 1.82) is 0 Å². The lowest BCUT2D eigenvalue weighted by Crippen LogP contribution is -2.25. The van der Waals surface area contributed by atoms with Crippen molar-refractivity contribution in [3.63, 3.8) is 0 Å². The van der Waals surface area contributed by atoms with Crippen LogP contribution in [0.4, 0.5) is 5.69 Å². The first kappa shape index (κ1) is 17.3. The second-order valence-corrected chi connectivity index (χ2v) is 9.58. The molecule has 0 radical (unpaired) electrons. The molecule has 0 atom stereocenters. The first-order valence-corrected chi connectivity index (χ1v) is 11.1. The van der Waals surface area contributed by atoms with Gasteiger partial charge < -0.3 is 5.32 Å². The molecule has 4 rings (SSSR count). The third-order valence-corrected chi connectivity index (χ3v) is 7.32. The topological polar surface area (TPSA) is 88.2 Å². The van der Waals surface area contributed by atoms with E-state index in [-0.39, 0.29) is 16.8 Å². The van der Waals surface area contributed by atoms with Crippen molar-refractivity contribution in [2.24, 2.45) is 0 Å².